The van der Waals surface area contributed by atoms with Gasteiger partial charge < -0.3 is 15.0 Å². The molecule has 1 unspecified atom stereocenters. The molecule has 1 atom stereocenters. The number of likely N-dealkylation sites (N-methyl/N-ethyl adjacent to an activating group) is 1. The molecule has 24 heavy (non-hydrogen) atoms. The van der Waals surface area contributed by atoms with Gasteiger partial charge in [-0.05, 0) is 26.2 Å². The van der Waals surface area contributed by atoms with Gasteiger partial charge in [-0.1, -0.05) is 20.4 Å². The van der Waals surface area contributed by atoms with Gasteiger partial charge in [0.05, 0.1) is 17.8 Å². The monoisotopic (exact) mass is 333 g/mol. The number of dihydropyridines is 1. The van der Waals surface area contributed by atoms with E-state index in [0.717, 1.165) is 5.70 Å². The normalized spacial score (nSPS) is 21.4. The molecule has 0 aliphatic carbocycles. The van der Waals surface area contributed by atoms with Crippen molar-refractivity contribution in [3.8, 4) is 0 Å². The molecule has 0 fully saturated rings. The van der Waals surface area contributed by atoms with Crippen molar-refractivity contribution in [1.82, 2.24) is 15.1 Å². The van der Waals surface area contributed by atoms with Gasteiger partial charge in [0.1, 0.15) is 11.6 Å². The summed E-state index contributed by atoms with van der Waals surface area (Å²) in [5.74, 6) is 0.863. The molecule has 0 aromatic carbocycles. The van der Waals surface area contributed by atoms with Crippen LogP contribution in [0.15, 0.2) is 35.1 Å². The lowest BCUT2D eigenvalue weighted by Crippen LogP contribution is -2.49. The number of amides is 1. The second kappa shape index (κ2) is 6.71. The van der Waals surface area contributed by atoms with Gasteiger partial charge in [0, 0.05) is 25.7 Å². The Balaban J connectivity index is 2.58. The highest BCUT2D eigenvalue weighted by molar-refractivity contribution is 6.01. The number of carbonyl (C=O) groups is 2. The van der Waals surface area contributed by atoms with E-state index < -0.39 is 0 Å². The summed E-state index contributed by atoms with van der Waals surface area (Å²) in [6.07, 6.45) is 0.700. The van der Waals surface area contributed by atoms with Crippen LogP contribution in [0, 0.1) is 11.8 Å². The van der Waals surface area contributed by atoms with E-state index in [1.807, 2.05) is 18.9 Å². The molecule has 0 saturated heterocycles. The number of hydrogen-bond acceptors (Lipinski definition) is 5. The maximum Gasteiger partial charge on any atom is 0.336 e. The van der Waals surface area contributed by atoms with Gasteiger partial charge in [0.2, 0.25) is 0 Å². The second-order valence-electron chi connectivity index (χ2n) is 6.67. The molecule has 0 radical (unpaired) electrons. The third-order valence-electron chi connectivity index (χ3n) is 4.51. The summed E-state index contributed by atoms with van der Waals surface area (Å²) < 4.78 is 5.24. The minimum absolute atomic E-state index is 0.124. The molecule has 132 valence electrons. The SMILES string of the molecule is C=C1N(C)C(=O)C2=C(NC(C)=C(C(=O)OCC)C2CC(C)C)N1C. The molecule has 2 aliphatic heterocycles. The van der Waals surface area contributed by atoms with Crippen LogP contribution in [0.3, 0.4) is 0 Å². The predicted octanol–water partition coefficient (Wildman–Crippen LogP) is 2.18. The van der Waals surface area contributed by atoms with E-state index in [0.29, 0.717) is 41.7 Å². The molecule has 2 rings (SSSR count). The number of esters is 1. The lowest BCUT2D eigenvalue weighted by molar-refractivity contribution is -0.139. The summed E-state index contributed by atoms with van der Waals surface area (Å²) in [4.78, 5) is 28.8. The molecule has 2 aliphatic rings. The highest BCUT2D eigenvalue weighted by atomic mass is 16.5. The quantitative estimate of drug-likeness (QED) is 0.799. The molecule has 6 nitrogen and oxygen atoms in total. The van der Waals surface area contributed by atoms with Crippen LogP contribution in [-0.2, 0) is 14.3 Å². The van der Waals surface area contributed by atoms with Crippen LogP contribution < -0.4 is 5.32 Å². The summed E-state index contributed by atoms with van der Waals surface area (Å²) in [7, 11) is 3.56. The molecule has 1 amide bonds. The maximum atomic E-state index is 12.9. The maximum absolute atomic E-state index is 12.9. The first-order valence-corrected chi connectivity index (χ1v) is 8.30. The number of rotatable bonds is 4. The van der Waals surface area contributed by atoms with Crippen molar-refractivity contribution in [3.05, 3.63) is 35.1 Å². The summed E-state index contributed by atoms with van der Waals surface area (Å²) in [6, 6.07) is 0. The van der Waals surface area contributed by atoms with Gasteiger partial charge in [-0.25, -0.2) is 4.79 Å². The predicted molar refractivity (Wildman–Crippen MR) is 92.1 cm³/mol. The minimum atomic E-state index is -0.359. The lowest BCUT2D eigenvalue weighted by atomic mass is 9.79. The van der Waals surface area contributed by atoms with E-state index >= 15 is 0 Å². The molecule has 0 aromatic heterocycles. The number of allylic oxidation sites excluding steroid dienone is 1. The van der Waals surface area contributed by atoms with Gasteiger partial charge >= 0.3 is 5.97 Å². The zero-order valence-electron chi connectivity index (χ0n) is 15.4. The third kappa shape index (κ3) is 2.92. The Hall–Kier alpha value is -2.24. The van der Waals surface area contributed by atoms with Crippen molar-refractivity contribution in [3.63, 3.8) is 0 Å². The number of hydrogen-bond donors (Lipinski definition) is 1. The number of carbonyl (C=O) groups excluding carboxylic acids is 2. The second-order valence-corrected chi connectivity index (χ2v) is 6.67. The highest BCUT2D eigenvalue weighted by Gasteiger charge is 2.42. The fraction of sp³-hybridized carbons (Fsp3) is 0.556. The van der Waals surface area contributed by atoms with E-state index in [-0.39, 0.29) is 17.8 Å². The zero-order chi connectivity index (χ0) is 18.2. The van der Waals surface area contributed by atoms with Crippen molar-refractivity contribution in [2.75, 3.05) is 20.7 Å². The van der Waals surface area contributed by atoms with Crippen molar-refractivity contribution in [2.45, 2.75) is 34.1 Å². The van der Waals surface area contributed by atoms with Crippen LogP contribution in [0.5, 0.6) is 0 Å². The zero-order valence-corrected chi connectivity index (χ0v) is 15.4. The topological polar surface area (TPSA) is 61.9 Å². The summed E-state index contributed by atoms with van der Waals surface area (Å²) >= 11 is 0. The first-order valence-electron chi connectivity index (χ1n) is 8.30. The van der Waals surface area contributed by atoms with Crippen molar-refractivity contribution >= 4 is 11.9 Å². The molecule has 0 aromatic rings. The van der Waals surface area contributed by atoms with Gasteiger partial charge in [0.25, 0.3) is 5.91 Å². The van der Waals surface area contributed by atoms with E-state index in [9.17, 15) is 9.59 Å². The van der Waals surface area contributed by atoms with Crippen LogP contribution in [0.4, 0.5) is 0 Å². The standard InChI is InChI=1S/C18H27N3O3/c1-8-24-18(23)14-11(4)19-16-15(13(14)9-10(2)3)17(22)21(7)12(5)20(16)6/h10,13,19H,5,8-9H2,1-4,6-7H3. The molecule has 0 bridgehead atoms. The van der Waals surface area contributed by atoms with Gasteiger partial charge in [-0.2, -0.15) is 0 Å². The molecular formula is C18H27N3O3. The largest absolute Gasteiger partial charge is 0.463 e. The third-order valence-corrected chi connectivity index (χ3v) is 4.51. The van der Waals surface area contributed by atoms with Crippen LogP contribution in [-0.4, -0.2) is 42.4 Å². The molecule has 6 heteroatoms. The highest BCUT2D eigenvalue weighted by Crippen LogP contribution is 2.39. The van der Waals surface area contributed by atoms with E-state index in [1.165, 1.54) is 4.90 Å². The average Bonchev–Trinajstić information content (AvgIpc) is 2.50. The summed E-state index contributed by atoms with van der Waals surface area (Å²) in [5.41, 5.74) is 1.89. The fourth-order valence-corrected chi connectivity index (χ4v) is 3.26. The number of ether oxygens (including phenoxy) is 1. The van der Waals surface area contributed by atoms with Gasteiger partial charge in [-0.3, -0.25) is 9.69 Å². The number of nitrogens with zero attached hydrogens (tertiary/aromatic N) is 2. The van der Waals surface area contributed by atoms with Crippen LogP contribution in [0.1, 0.15) is 34.1 Å². The summed E-state index contributed by atoms with van der Waals surface area (Å²) in [6.45, 7) is 12.1. The first kappa shape index (κ1) is 18.1. The minimum Gasteiger partial charge on any atom is -0.463 e. The number of nitrogens with one attached hydrogen (secondary N) is 1. The van der Waals surface area contributed by atoms with E-state index in [4.69, 9.17) is 4.74 Å². The van der Waals surface area contributed by atoms with E-state index in [2.05, 4.69) is 25.7 Å². The molecule has 2 heterocycles. The lowest BCUT2D eigenvalue weighted by Gasteiger charge is -2.43. The Morgan fingerprint density at radius 2 is 1.96 bits per heavy atom. The average molecular weight is 333 g/mol. The summed E-state index contributed by atoms with van der Waals surface area (Å²) in [5, 5.41) is 3.22. The Morgan fingerprint density at radius 3 is 2.50 bits per heavy atom. The molecular weight excluding hydrogens is 306 g/mol. The smallest absolute Gasteiger partial charge is 0.336 e. The van der Waals surface area contributed by atoms with Crippen LogP contribution >= 0.6 is 0 Å². The van der Waals surface area contributed by atoms with Crippen molar-refractivity contribution < 1.29 is 14.3 Å². The van der Waals surface area contributed by atoms with Gasteiger partial charge in [0.15, 0.2) is 0 Å². The Labute approximate surface area is 143 Å². The molecule has 0 spiro atoms. The Bertz CT molecular complexity index is 646. The van der Waals surface area contributed by atoms with Gasteiger partial charge in [-0.15, -0.1) is 0 Å². The molecule has 0 saturated carbocycles. The van der Waals surface area contributed by atoms with Crippen molar-refractivity contribution in [2.24, 2.45) is 11.8 Å². The van der Waals surface area contributed by atoms with Crippen molar-refractivity contribution in [1.29, 1.82) is 0 Å². The van der Waals surface area contributed by atoms with Crippen LogP contribution in [0.2, 0.25) is 0 Å². The van der Waals surface area contributed by atoms with Crippen LogP contribution in [0.25, 0.3) is 0 Å². The Morgan fingerprint density at radius 1 is 1.33 bits per heavy atom. The van der Waals surface area contributed by atoms with E-state index in [1.54, 1.807) is 14.0 Å². The fourth-order valence-electron chi connectivity index (χ4n) is 3.26. The first-order chi connectivity index (χ1) is 11.2. The Kier molecular flexibility index (Phi) is 5.06. The molecule has 1 N–H and O–H groups in total.